The van der Waals surface area contributed by atoms with Crippen LogP contribution in [0.2, 0.25) is 0 Å². The van der Waals surface area contributed by atoms with Crippen molar-refractivity contribution in [2.24, 2.45) is 5.92 Å². The number of nitrogens with one attached hydrogen (secondary N) is 1. The number of phenolic OH excluding ortho intramolecular Hbond substituents is 1. The van der Waals surface area contributed by atoms with Crippen molar-refractivity contribution >= 4 is 11.9 Å². The summed E-state index contributed by atoms with van der Waals surface area (Å²) in [6, 6.07) is 6.77. The second kappa shape index (κ2) is 9.00. The molecule has 1 aromatic rings. The Morgan fingerprint density at radius 3 is 2.57 bits per heavy atom. The highest BCUT2D eigenvalue weighted by molar-refractivity contribution is 5.79. The minimum Gasteiger partial charge on any atom is -0.508 e. The van der Waals surface area contributed by atoms with Crippen LogP contribution in [0.25, 0.3) is 0 Å². The maximum atomic E-state index is 11.8. The van der Waals surface area contributed by atoms with Crippen molar-refractivity contribution in [1.82, 2.24) is 5.32 Å². The van der Waals surface area contributed by atoms with E-state index in [1.54, 1.807) is 24.3 Å². The van der Waals surface area contributed by atoms with Gasteiger partial charge in [-0.2, -0.15) is 0 Å². The van der Waals surface area contributed by atoms with E-state index >= 15 is 0 Å². The second-order valence-corrected chi connectivity index (χ2v) is 5.15. The fraction of sp³-hybridized carbons (Fsp3) is 0.500. The maximum Gasteiger partial charge on any atom is 0.303 e. The highest BCUT2D eigenvalue weighted by Gasteiger charge is 2.10. The molecule has 1 aromatic carbocycles. The first-order chi connectivity index (χ1) is 10.0. The number of rotatable bonds is 9. The van der Waals surface area contributed by atoms with Gasteiger partial charge in [-0.05, 0) is 24.8 Å². The molecule has 0 aromatic heterocycles. The number of para-hydroxylation sites is 1. The van der Waals surface area contributed by atoms with E-state index in [1.807, 2.05) is 6.92 Å². The van der Waals surface area contributed by atoms with Crippen molar-refractivity contribution in [3.05, 3.63) is 29.8 Å². The molecule has 0 bridgehead atoms. The zero-order chi connectivity index (χ0) is 15.7. The molecule has 1 unspecified atom stereocenters. The first kappa shape index (κ1) is 17.0. The topological polar surface area (TPSA) is 86.6 Å². The zero-order valence-electron chi connectivity index (χ0n) is 12.3. The van der Waals surface area contributed by atoms with Gasteiger partial charge < -0.3 is 15.5 Å². The summed E-state index contributed by atoms with van der Waals surface area (Å²) < 4.78 is 0. The quantitative estimate of drug-likeness (QED) is 0.652. The number of amides is 1. The molecule has 0 aliphatic carbocycles. The molecule has 21 heavy (non-hydrogen) atoms. The Hall–Kier alpha value is -2.04. The lowest BCUT2D eigenvalue weighted by Crippen LogP contribution is -2.27. The lowest BCUT2D eigenvalue weighted by atomic mass is 9.96. The van der Waals surface area contributed by atoms with Gasteiger partial charge in [-0.1, -0.05) is 31.5 Å². The van der Waals surface area contributed by atoms with Gasteiger partial charge >= 0.3 is 5.97 Å². The van der Waals surface area contributed by atoms with Crippen LogP contribution in [0.5, 0.6) is 5.75 Å². The van der Waals surface area contributed by atoms with Crippen LogP contribution >= 0.6 is 0 Å². The van der Waals surface area contributed by atoms with Crippen molar-refractivity contribution in [3.8, 4) is 5.75 Å². The molecule has 0 radical (unpaired) electrons. The summed E-state index contributed by atoms with van der Waals surface area (Å²) in [4.78, 5) is 22.3. The minimum atomic E-state index is -0.781. The van der Waals surface area contributed by atoms with Crippen LogP contribution in [0.15, 0.2) is 24.3 Å². The largest absolute Gasteiger partial charge is 0.508 e. The Balaban J connectivity index is 2.29. The van der Waals surface area contributed by atoms with Crippen LogP contribution in [0.4, 0.5) is 0 Å². The number of carboxylic acids is 1. The third kappa shape index (κ3) is 6.79. The van der Waals surface area contributed by atoms with Crippen molar-refractivity contribution in [1.29, 1.82) is 0 Å². The Morgan fingerprint density at radius 2 is 1.95 bits per heavy atom. The molecule has 0 heterocycles. The molecule has 0 spiro atoms. The van der Waals surface area contributed by atoms with E-state index in [4.69, 9.17) is 5.11 Å². The van der Waals surface area contributed by atoms with Gasteiger partial charge in [0.15, 0.2) is 0 Å². The molecule has 0 aliphatic rings. The summed E-state index contributed by atoms with van der Waals surface area (Å²) in [6.07, 6.45) is 2.64. The number of aliphatic carboxylic acids is 1. The van der Waals surface area contributed by atoms with E-state index < -0.39 is 5.97 Å². The monoisotopic (exact) mass is 293 g/mol. The van der Waals surface area contributed by atoms with Crippen molar-refractivity contribution in [2.45, 2.75) is 39.0 Å². The summed E-state index contributed by atoms with van der Waals surface area (Å²) in [5.41, 5.74) is 0.605. The number of carboxylic acid groups (broad SMARTS) is 1. The lowest BCUT2D eigenvalue weighted by molar-refractivity contribution is -0.137. The molecular weight excluding hydrogens is 270 g/mol. The number of carbonyl (C=O) groups is 2. The van der Waals surface area contributed by atoms with Crippen LogP contribution in [-0.4, -0.2) is 28.6 Å². The maximum absolute atomic E-state index is 11.8. The molecule has 1 atom stereocenters. The molecule has 1 amide bonds. The van der Waals surface area contributed by atoms with Gasteiger partial charge in [-0.15, -0.1) is 0 Å². The van der Waals surface area contributed by atoms with Crippen LogP contribution in [0.1, 0.15) is 38.2 Å². The Morgan fingerprint density at radius 1 is 1.24 bits per heavy atom. The molecule has 0 fully saturated rings. The minimum absolute atomic E-state index is 0.126. The number of hydrogen-bond donors (Lipinski definition) is 3. The van der Waals surface area contributed by atoms with Gasteiger partial charge in [0.25, 0.3) is 0 Å². The van der Waals surface area contributed by atoms with Gasteiger partial charge in [0.05, 0.1) is 6.42 Å². The van der Waals surface area contributed by atoms with E-state index in [2.05, 4.69) is 5.32 Å². The van der Waals surface area contributed by atoms with Gasteiger partial charge in [0.2, 0.25) is 5.91 Å². The van der Waals surface area contributed by atoms with Crippen molar-refractivity contribution in [3.63, 3.8) is 0 Å². The zero-order valence-corrected chi connectivity index (χ0v) is 12.3. The SMILES string of the molecule is CCC(CCNC(=O)Cc1ccccc1O)CCC(=O)O. The highest BCUT2D eigenvalue weighted by Crippen LogP contribution is 2.16. The Kier molecular flexibility index (Phi) is 7.29. The molecule has 3 N–H and O–H groups in total. The molecule has 5 nitrogen and oxygen atoms in total. The molecule has 116 valence electrons. The molecule has 1 rings (SSSR count). The number of benzene rings is 1. The predicted molar refractivity (Wildman–Crippen MR) is 80.1 cm³/mol. The fourth-order valence-corrected chi connectivity index (χ4v) is 2.19. The second-order valence-electron chi connectivity index (χ2n) is 5.15. The van der Waals surface area contributed by atoms with Gasteiger partial charge in [-0.25, -0.2) is 0 Å². The van der Waals surface area contributed by atoms with E-state index in [1.165, 1.54) is 0 Å². The van der Waals surface area contributed by atoms with E-state index in [0.717, 1.165) is 12.8 Å². The first-order valence-electron chi connectivity index (χ1n) is 7.28. The smallest absolute Gasteiger partial charge is 0.303 e. The van der Waals surface area contributed by atoms with E-state index in [-0.39, 0.29) is 24.5 Å². The summed E-state index contributed by atoms with van der Waals surface area (Å²) >= 11 is 0. The van der Waals surface area contributed by atoms with E-state index in [0.29, 0.717) is 24.4 Å². The fourth-order valence-electron chi connectivity index (χ4n) is 2.19. The van der Waals surface area contributed by atoms with E-state index in [9.17, 15) is 14.7 Å². The number of aromatic hydroxyl groups is 1. The van der Waals surface area contributed by atoms with Crippen molar-refractivity contribution in [2.75, 3.05) is 6.54 Å². The van der Waals surface area contributed by atoms with Crippen LogP contribution in [0, 0.1) is 5.92 Å². The van der Waals surface area contributed by atoms with Gasteiger partial charge in [-0.3, -0.25) is 9.59 Å². The molecular formula is C16H23NO4. The van der Waals surface area contributed by atoms with Gasteiger partial charge in [0.1, 0.15) is 5.75 Å². The van der Waals surface area contributed by atoms with Gasteiger partial charge in [0, 0.05) is 18.5 Å². The average molecular weight is 293 g/mol. The Labute approximate surface area is 125 Å². The standard InChI is InChI=1S/C16H23NO4/c1-2-12(7-8-16(20)21)9-10-17-15(19)11-13-5-3-4-6-14(13)18/h3-6,12,18H,2,7-11H2,1H3,(H,17,19)(H,20,21). The predicted octanol–water partition coefficient (Wildman–Crippen LogP) is 2.33. The van der Waals surface area contributed by atoms with Crippen LogP contribution < -0.4 is 5.32 Å². The first-order valence-corrected chi connectivity index (χ1v) is 7.28. The highest BCUT2D eigenvalue weighted by atomic mass is 16.4. The Bertz CT molecular complexity index is 473. The summed E-state index contributed by atoms with van der Waals surface area (Å²) in [7, 11) is 0. The van der Waals surface area contributed by atoms with Crippen LogP contribution in [0.3, 0.4) is 0 Å². The summed E-state index contributed by atoms with van der Waals surface area (Å²) in [5, 5.41) is 21.1. The number of hydrogen-bond acceptors (Lipinski definition) is 3. The molecule has 0 saturated carbocycles. The third-order valence-electron chi connectivity index (χ3n) is 3.56. The number of phenols is 1. The summed E-state index contributed by atoms with van der Waals surface area (Å²) in [5.74, 6) is -0.478. The summed E-state index contributed by atoms with van der Waals surface area (Å²) in [6.45, 7) is 2.56. The molecule has 0 saturated heterocycles. The molecule has 0 aliphatic heterocycles. The third-order valence-corrected chi connectivity index (χ3v) is 3.56. The lowest BCUT2D eigenvalue weighted by Gasteiger charge is -2.14. The van der Waals surface area contributed by atoms with Crippen molar-refractivity contribution < 1.29 is 19.8 Å². The number of carbonyl (C=O) groups excluding carboxylic acids is 1. The normalized spacial score (nSPS) is 11.9. The van der Waals surface area contributed by atoms with Crippen LogP contribution in [-0.2, 0) is 16.0 Å². The molecule has 5 heteroatoms. The average Bonchev–Trinajstić information content (AvgIpc) is 2.45.